The summed E-state index contributed by atoms with van der Waals surface area (Å²) in [5.74, 6) is 1.42. The summed E-state index contributed by atoms with van der Waals surface area (Å²) in [6.07, 6.45) is 3.43. The summed E-state index contributed by atoms with van der Waals surface area (Å²) >= 11 is 8.47. The van der Waals surface area contributed by atoms with Crippen molar-refractivity contribution in [3.8, 4) is 28.9 Å². The van der Waals surface area contributed by atoms with E-state index in [1.54, 1.807) is 12.4 Å². The normalized spacial score (nSPS) is 10.7. The average Bonchev–Trinajstić information content (AvgIpc) is 3.33. The van der Waals surface area contributed by atoms with Crippen molar-refractivity contribution < 1.29 is 4.74 Å². The number of benzene rings is 1. The standard InChI is InChI=1S/C19H13ClN6OS2/c1-2-27-14-7-5-13(6-8-14)26-17(12-4-3-9-22-11-12)23-24-19(26)28-18-15(10-21)16(20)25-29-18/h3-9,11H,2H2,1H3. The van der Waals surface area contributed by atoms with Crippen LogP contribution >= 0.6 is 34.9 Å². The Morgan fingerprint density at radius 1 is 1.24 bits per heavy atom. The van der Waals surface area contributed by atoms with Crippen LogP contribution in [0.25, 0.3) is 17.1 Å². The molecule has 0 fully saturated rings. The van der Waals surface area contributed by atoms with Crippen molar-refractivity contribution in [1.82, 2.24) is 24.1 Å². The maximum Gasteiger partial charge on any atom is 0.201 e. The Kier molecular flexibility index (Phi) is 5.76. The quantitative estimate of drug-likeness (QED) is 0.422. The van der Waals surface area contributed by atoms with Gasteiger partial charge in [-0.3, -0.25) is 9.55 Å². The van der Waals surface area contributed by atoms with Crippen LogP contribution in [0.15, 0.2) is 58.2 Å². The smallest absolute Gasteiger partial charge is 0.201 e. The maximum atomic E-state index is 9.37. The van der Waals surface area contributed by atoms with Gasteiger partial charge < -0.3 is 4.74 Å². The number of halogens is 1. The third kappa shape index (κ3) is 3.96. The Balaban J connectivity index is 1.81. The monoisotopic (exact) mass is 440 g/mol. The summed E-state index contributed by atoms with van der Waals surface area (Å²) in [4.78, 5) is 4.18. The van der Waals surface area contributed by atoms with Gasteiger partial charge in [0.25, 0.3) is 0 Å². The predicted octanol–water partition coefficient (Wildman–Crippen LogP) is 4.86. The van der Waals surface area contributed by atoms with Crippen LogP contribution in [-0.2, 0) is 0 Å². The summed E-state index contributed by atoms with van der Waals surface area (Å²) in [7, 11) is 0. The highest BCUT2D eigenvalue weighted by atomic mass is 35.5. The van der Waals surface area contributed by atoms with E-state index in [-0.39, 0.29) is 5.15 Å². The van der Waals surface area contributed by atoms with E-state index in [2.05, 4.69) is 25.6 Å². The number of hydrogen-bond acceptors (Lipinski definition) is 8. The molecule has 0 N–H and O–H groups in total. The maximum absolute atomic E-state index is 9.37. The molecule has 0 atom stereocenters. The zero-order valence-corrected chi connectivity index (χ0v) is 17.5. The first-order valence-corrected chi connectivity index (χ1v) is 10.5. The Labute approximate surface area is 180 Å². The summed E-state index contributed by atoms with van der Waals surface area (Å²) in [5.41, 5.74) is 2.02. The molecule has 4 aromatic rings. The molecule has 29 heavy (non-hydrogen) atoms. The van der Waals surface area contributed by atoms with Crippen LogP contribution in [0, 0.1) is 11.3 Å². The Morgan fingerprint density at radius 3 is 2.76 bits per heavy atom. The molecule has 0 bridgehead atoms. The molecule has 0 radical (unpaired) electrons. The molecule has 0 aliphatic rings. The van der Waals surface area contributed by atoms with Crippen LogP contribution in [0.3, 0.4) is 0 Å². The number of nitriles is 1. The Morgan fingerprint density at radius 2 is 2.07 bits per heavy atom. The lowest BCUT2D eigenvalue weighted by atomic mass is 10.2. The Hall–Kier alpha value is -2.93. The van der Waals surface area contributed by atoms with E-state index >= 15 is 0 Å². The first-order chi connectivity index (χ1) is 14.2. The molecule has 1 aromatic carbocycles. The van der Waals surface area contributed by atoms with Crippen molar-refractivity contribution in [3.05, 3.63) is 59.5 Å². The van der Waals surface area contributed by atoms with E-state index in [9.17, 15) is 5.26 Å². The van der Waals surface area contributed by atoms with E-state index in [1.165, 1.54) is 11.8 Å². The summed E-state index contributed by atoms with van der Waals surface area (Å²) in [6.45, 7) is 2.53. The molecule has 7 nitrogen and oxygen atoms in total. The van der Waals surface area contributed by atoms with E-state index in [0.29, 0.717) is 27.4 Å². The molecule has 0 amide bonds. The van der Waals surface area contributed by atoms with Crippen LogP contribution < -0.4 is 4.74 Å². The van der Waals surface area contributed by atoms with Crippen molar-refractivity contribution in [2.45, 2.75) is 16.3 Å². The molecule has 0 saturated heterocycles. The minimum atomic E-state index is 0.194. The molecule has 0 spiro atoms. The SMILES string of the molecule is CCOc1ccc(-n2c(Sc3snc(Cl)c3C#N)nnc2-c2cccnc2)cc1. The highest BCUT2D eigenvalue weighted by Crippen LogP contribution is 2.38. The molecular weight excluding hydrogens is 428 g/mol. The number of hydrogen-bond donors (Lipinski definition) is 0. The third-order valence-corrected chi connectivity index (χ3v) is 6.20. The molecule has 4 rings (SSSR count). The molecule has 10 heteroatoms. The number of pyridine rings is 1. The van der Waals surface area contributed by atoms with Gasteiger partial charge in [0, 0.05) is 18.0 Å². The lowest BCUT2D eigenvalue weighted by Crippen LogP contribution is -2.00. The largest absolute Gasteiger partial charge is 0.494 e. The molecular formula is C19H13ClN6OS2. The first kappa shape index (κ1) is 19.4. The minimum Gasteiger partial charge on any atom is -0.494 e. The van der Waals surface area contributed by atoms with E-state index in [0.717, 1.165) is 28.5 Å². The van der Waals surface area contributed by atoms with Crippen LogP contribution in [-0.4, -0.2) is 30.7 Å². The summed E-state index contributed by atoms with van der Waals surface area (Å²) in [5, 5.41) is 18.9. The second-order valence-electron chi connectivity index (χ2n) is 5.66. The van der Waals surface area contributed by atoms with Gasteiger partial charge in [-0.2, -0.15) is 9.64 Å². The second kappa shape index (κ2) is 8.61. The molecule has 3 aromatic heterocycles. The second-order valence-corrected chi connectivity index (χ2v) is 8.03. The molecule has 144 valence electrons. The van der Waals surface area contributed by atoms with Gasteiger partial charge in [-0.25, -0.2) is 0 Å². The molecule has 0 aliphatic carbocycles. The number of rotatable bonds is 6. The fourth-order valence-corrected chi connectivity index (χ4v) is 4.71. The van der Waals surface area contributed by atoms with Crippen molar-refractivity contribution in [2.24, 2.45) is 0 Å². The minimum absolute atomic E-state index is 0.194. The van der Waals surface area contributed by atoms with Crippen LogP contribution in [0.4, 0.5) is 0 Å². The predicted molar refractivity (Wildman–Crippen MR) is 112 cm³/mol. The number of ether oxygens (including phenoxy) is 1. The number of aromatic nitrogens is 5. The summed E-state index contributed by atoms with van der Waals surface area (Å²) in [6, 6.07) is 13.5. The van der Waals surface area contributed by atoms with Gasteiger partial charge in [0.2, 0.25) is 5.16 Å². The van der Waals surface area contributed by atoms with Crippen molar-refractivity contribution >= 4 is 34.9 Å². The van der Waals surface area contributed by atoms with E-state index in [4.69, 9.17) is 16.3 Å². The zero-order valence-electron chi connectivity index (χ0n) is 15.1. The highest BCUT2D eigenvalue weighted by molar-refractivity contribution is 8.01. The lowest BCUT2D eigenvalue weighted by Gasteiger charge is -2.11. The molecule has 0 unspecified atom stereocenters. The van der Waals surface area contributed by atoms with Gasteiger partial charge in [0.15, 0.2) is 11.0 Å². The van der Waals surface area contributed by atoms with Gasteiger partial charge in [-0.15, -0.1) is 10.2 Å². The van der Waals surface area contributed by atoms with Crippen molar-refractivity contribution in [1.29, 1.82) is 5.26 Å². The molecule has 0 saturated carbocycles. The van der Waals surface area contributed by atoms with E-state index in [1.807, 2.05) is 47.9 Å². The zero-order chi connectivity index (χ0) is 20.2. The summed E-state index contributed by atoms with van der Waals surface area (Å²) < 4.78 is 12.2. The van der Waals surface area contributed by atoms with Gasteiger partial charge in [-0.1, -0.05) is 11.6 Å². The lowest BCUT2D eigenvalue weighted by molar-refractivity contribution is 0.340. The topological polar surface area (TPSA) is 89.5 Å². The van der Waals surface area contributed by atoms with Crippen LogP contribution in [0.5, 0.6) is 5.75 Å². The third-order valence-electron chi connectivity index (χ3n) is 3.87. The van der Waals surface area contributed by atoms with Crippen LogP contribution in [0.2, 0.25) is 5.15 Å². The van der Waals surface area contributed by atoms with Gasteiger partial charge in [0.05, 0.1) is 12.3 Å². The fourth-order valence-electron chi connectivity index (χ4n) is 2.61. The average molecular weight is 441 g/mol. The Bertz CT molecular complexity index is 1170. The van der Waals surface area contributed by atoms with Crippen LogP contribution in [0.1, 0.15) is 12.5 Å². The van der Waals surface area contributed by atoms with Gasteiger partial charge >= 0.3 is 0 Å². The van der Waals surface area contributed by atoms with Crippen molar-refractivity contribution in [3.63, 3.8) is 0 Å². The van der Waals surface area contributed by atoms with E-state index < -0.39 is 0 Å². The first-order valence-electron chi connectivity index (χ1n) is 8.53. The fraction of sp³-hybridized carbons (Fsp3) is 0.105. The van der Waals surface area contributed by atoms with Crippen molar-refractivity contribution in [2.75, 3.05) is 6.61 Å². The molecule has 0 aliphatic heterocycles. The number of nitrogens with zero attached hydrogens (tertiary/aromatic N) is 6. The van der Waals surface area contributed by atoms with Gasteiger partial charge in [-0.05, 0) is 66.6 Å². The van der Waals surface area contributed by atoms with Gasteiger partial charge in [0.1, 0.15) is 21.6 Å². The highest BCUT2D eigenvalue weighted by Gasteiger charge is 2.21. The molecule has 3 heterocycles.